The first-order valence-electron chi connectivity index (χ1n) is 5.61. The molecule has 0 saturated heterocycles. The van der Waals surface area contributed by atoms with Crippen LogP contribution in [0.5, 0.6) is 0 Å². The van der Waals surface area contributed by atoms with Crippen molar-refractivity contribution in [1.82, 2.24) is 5.32 Å². The Morgan fingerprint density at radius 2 is 1.80 bits per heavy atom. The minimum absolute atomic E-state index is 0.566. The molecule has 0 amide bonds. The molecule has 0 aliphatic carbocycles. The minimum Gasteiger partial charge on any atom is -0.373 e. The average molecular weight is 206 g/mol. The van der Waals surface area contributed by atoms with Crippen molar-refractivity contribution in [1.29, 1.82) is 0 Å². The zero-order valence-corrected chi connectivity index (χ0v) is 10.2. The lowest BCUT2D eigenvalue weighted by molar-refractivity contribution is 0.589. The average Bonchev–Trinajstić information content (AvgIpc) is 2.18. The van der Waals surface area contributed by atoms with E-state index < -0.39 is 0 Å². The van der Waals surface area contributed by atoms with Gasteiger partial charge in [0.25, 0.3) is 0 Å². The summed E-state index contributed by atoms with van der Waals surface area (Å²) in [5.41, 5.74) is 2.60. The number of anilines is 1. The van der Waals surface area contributed by atoms with E-state index in [4.69, 9.17) is 0 Å². The lowest BCUT2D eigenvalue weighted by Crippen LogP contribution is -2.32. The Kier molecular flexibility index (Phi) is 4.63. The van der Waals surface area contributed by atoms with Crippen LogP contribution in [0.1, 0.15) is 19.4 Å². The molecule has 1 aromatic rings. The van der Waals surface area contributed by atoms with Gasteiger partial charge in [-0.2, -0.15) is 0 Å². The van der Waals surface area contributed by atoms with Crippen molar-refractivity contribution in [3.8, 4) is 0 Å². The lowest BCUT2D eigenvalue weighted by atomic mass is 10.2. The highest BCUT2D eigenvalue weighted by Crippen LogP contribution is 2.12. The van der Waals surface area contributed by atoms with Crippen LogP contribution in [0.2, 0.25) is 0 Å². The minimum atomic E-state index is 0.566. The third-order valence-corrected chi connectivity index (χ3v) is 2.47. The van der Waals surface area contributed by atoms with Gasteiger partial charge in [-0.15, -0.1) is 0 Å². The molecule has 1 aromatic carbocycles. The van der Waals surface area contributed by atoms with Crippen molar-refractivity contribution in [2.24, 2.45) is 0 Å². The summed E-state index contributed by atoms with van der Waals surface area (Å²) in [5.74, 6) is 0. The number of nitrogens with one attached hydrogen (secondary N) is 1. The predicted octanol–water partition coefficient (Wildman–Crippen LogP) is 2.43. The number of aryl methyl sites for hydroxylation is 1. The molecule has 0 spiro atoms. The highest BCUT2D eigenvalue weighted by Gasteiger charge is 2.00. The van der Waals surface area contributed by atoms with Gasteiger partial charge in [0.2, 0.25) is 0 Å². The molecule has 0 aromatic heterocycles. The zero-order chi connectivity index (χ0) is 11.3. The van der Waals surface area contributed by atoms with Gasteiger partial charge in [0.15, 0.2) is 0 Å². The Morgan fingerprint density at radius 1 is 1.20 bits per heavy atom. The smallest absolute Gasteiger partial charge is 0.0364 e. The summed E-state index contributed by atoms with van der Waals surface area (Å²) in [6.07, 6.45) is 0. The lowest BCUT2D eigenvalue weighted by Gasteiger charge is -2.20. The molecule has 0 saturated carbocycles. The first-order chi connectivity index (χ1) is 7.09. The van der Waals surface area contributed by atoms with Crippen LogP contribution in [0, 0.1) is 6.92 Å². The van der Waals surface area contributed by atoms with Crippen LogP contribution in [0.4, 0.5) is 5.69 Å². The molecule has 1 rings (SSSR count). The molecular formula is C13H22N2. The fourth-order valence-corrected chi connectivity index (χ4v) is 1.45. The highest BCUT2D eigenvalue weighted by atomic mass is 15.1. The fraction of sp³-hybridized carbons (Fsp3) is 0.538. The van der Waals surface area contributed by atoms with Crippen LogP contribution < -0.4 is 10.2 Å². The molecule has 2 heteroatoms. The second-order valence-corrected chi connectivity index (χ2v) is 4.37. The zero-order valence-electron chi connectivity index (χ0n) is 10.2. The normalized spacial score (nSPS) is 10.7. The van der Waals surface area contributed by atoms with Crippen LogP contribution in [-0.4, -0.2) is 26.2 Å². The van der Waals surface area contributed by atoms with Crippen LogP contribution in [-0.2, 0) is 0 Å². The molecule has 0 aliphatic rings. The standard InChI is InChI=1S/C13H22N2/c1-11(2)14-9-10-15(4)13-7-5-12(3)6-8-13/h5-8,11,14H,9-10H2,1-4H3. The van der Waals surface area contributed by atoms with Gasteiger partial charge < -0.3 is 10.2 Å². The molecule has 1 N–H and O–H groups in total. The fourth-order valence-electron chi connectivity index (χ4n) is 1.45. The summed E-state index contributed by atoms with van der Waals surface area (Å²) >= 11 is 0. The number of hydrogen-bond acceptors (Lipinski definition) is 2. The quantitative estimate of drug-likeness (QED) is 0.796. The summed E-state index contributed by atoms with van der Waals surface area (Å²) in [5, 5.41) is 3.42. The second-order valence-electron chi connectivity index (χ2n) is 4.37. The molecule has 84 valence electrons. The van der Waals surface area contributed by atoms with Crippen molar-refractivity contribution in [2.75, 3.05) is 25.0 Å². The van der Waals surface area contributed by atoms with E-state index in [9.17, 15) is 0 Å². The summed E-state index contributed by atoms with van der Waals surface area (Å²) in [6, 6.07) is 9.22. The molecule has 0 fully saturated rings. The number of hydrogen-bond donors (Lipinski definition) is 1. The molecule has 0 heterocycles. The van der Waals surface area contributed by atoms with Gasteiger partial charge in [0.1, 0.15) is 0 Å². The van der Waals surface area contributed by atoms with E-state index in [1.54, 1.807) is 0 Å². The van der Waals surface area contributed by atoms with Crippen molar-refractivity contribution >= 4 is 5.69 Å². The number of benzene rings is 1. The molecule has 2 nitrogen and oxygen atoms in total. The first kappa shape index (κ1) is 12.1. The maximum Gasteiger partial charge on any atom is 0.0364 e. The van der Waals surface area contributed by atoms with E-state index in [-0.39, 0.29) is 0 Å². The van der Waals surface area contributed by atoms with Crippen LogP contribution in [0.15, 0.2) is 24.3 Å². The SMILES string of the molecule is Cc1ccc(N(C)CCNC(C)C)cc1. The molecule has 0 unspecified atom stereocenters. The molecular weight excluding hydrogens is 184 g/mol. The van der Waals surface area contributed by atoms with Gasteiger partial charge in [-0.3, -0.25) is 0 Å². The summed E-state index contributed by atoms with van der Waals surface area (Å²) < 4.78 is 0. The maximum atomic E-state index is 3.42. The molecule has 0 bridgehead atoms. The second kappa shape index (κ2) is 5.76. The van der Waals surface area contributed by atoms with Crippen molar-refractivity contribution in [2.45, 2.75) is 26.8 Å². The first-order valence-corrected chi connectivity index (χ1v) is 5.61. The molecule has 15 heavy (non-hydrogen) atoms. The Balaban J connectivity index is 2.40. The monoisotopic (exact) mass is 206 g/mol. The van der Waals surface area contributed by atoms with Gasteiger partial charge in [-0.05, 0) is 19.1 Å². The number of nitrogens with zero attached hydrogens (tertiary/aromatic N) is 1. The van der Waals surface area contributed by atoms with E-state index in [1.807, 2.05) is 0 Å². The molecule has 0 aliphatic heterocycles. The van der Waals surface area contributed by atoms with E-state index in [0.717, 1.165) is 13.1 Å². The largest absolute Gasteiger partial charge is 0.373 e. The summed E-state index contributed by atoms with van der Waals surface area (Å²) in [6.45, 7) is 8.53. The van der Waals surface area contributed by atoms with Crippen molar-refractivity contribution < 1.29 is 0 Å². The Morgan fingerprint density at radius 3 is 2.33 bits per heavy atom. The van der Waals surface area contributed by atoms with Crippen molar-refractivity contribution in [3.05, 3.63) is 29.8 Å². The Bertz CT molecular complexity index is 277. The maximum absolute atomic E-state index is 3.42. The molecule has 0 atom stereocenters. The van der Waals surface area contributed by atoms with Gasteiger partial charge in [-0.1, -0.05) is 31.5 Å². The van der Waals surface area contributed by atoms with Gasteiger partial charge in [-0.25, -0.2) is 0 Å². The topological polar surface area (TPSA) is 15.3 Å². The van der Waals surface area contributed by atoms with E-state index in [2.05, 4.69) is 62.3 Å². The number of rotatable bonds is 5. The van der Waals surface area contributed by atoms with Crippen LogP contribution in [0.3, 0.4) is 0 Å². The van der Waals surface area contributed by atoms with E-state index >= 15 is 0 Å². The predicted molar refractivity (Wildman–Crippen MR) is 67.6 cm³/mol. The third-order valence-electron chi connectivity index (χ3n) is 2.47. The van der Waals surface area contributed by atoms with Gasteiger partial charge >= 0.3 is 0 Å². The summed E-state index contributed by atoms with van der Waals surface area (Å²) in [7, 11) is 2.13. The van der Waals surface area contributed by atoms with E-state index in [0.29, 0.717) is 6.04 Å². The van der Waals surface area contributed by atoms with E-state index in [1.165, 1.54) is 11.3 Å². The summed E-state index contributed by atoms with van der Waals surface area (Å²) in [4.78, 5) is 2.27. The van der Waals surface area contributed by atoms with Gasteiger partial charge in [0.05, 0.1) is 0 Å². The van der Waals surface area contributed by atoms with Gasteiger partial charge in [0, 0.05) is 31.9 Å². The van der Waals surface area contributed by atoms with Crippen LogP contribution >= 0.6 is 0 Å². The highest BCUT2D eigenvalue weighted by molar-refractivity contribution is 5.46. The van der Waals surface area contributed by atoms with Crippen molar-refractivity contribution in [3.63, 3.8) is 0 Å². The molecule has 0 radical (unpaired) electrons. The Hall–Kier alpha value is -1.02. The number of likely N-dealkylation sites (N-methyl/N-ethyl adjacent to an activating group) is 1. The van der Waals surface area contributed by atoms with Crippen LogP contribution in [0.25, 0.3) is 0 Å². The third kappa shape index (κ3) is 4.34. The Labute approximate surface area is 93.3 Å².